The molecule has 0 saturated heterocycles. The molecule has 3 nitrogen and oxygen atoms in total. The summed E-state index contributed by atoms with van der Waals surface area (Å²) in [5.41, 5.74) is 0.996. The number of carbonyl (C=O) groups excluding carboxylic acids is 1. The van der Waals surface area contributed by atoms with Gasteiger partial charge in [-0.1, -0.05) is 11.6 Å². The number of pyridine rings is 1. The van der Waals surface area contributed by atoms with Crippen molar-refractivity contribution in [1.29, 1.82) is 0 Å². The number of hydrogen-bond acceptors (Lipinski definition) is 4. The van der Waals surface area contributed by atoms with Gasteiger partial charge in [-0.05, 0) is 6.07 Å². The Labute approximate surface area is 86.5 Å². The van der Waals surface area contributed by atoms with Crippen LogP contribution in [0.2, 0.25) is 5.02 Å². The smallest absolute Gasteiger partial charge is 0.339 e. The van der Waals surface area contributed by atoms with Crippen LogP contribution in [-0.2, 0) is 10.5 Å². The summed E-state index contributed by atoms with van der Waals surface area (Å²) in [5, 5.41) is 0.429. The predicted molar refractivity (Wildman–Crippen MR) is 53.3 cm³/mol. The molecule has 0 N–H and O–H groups in total. The third-order valence-corrected chi connectivity index (χ3v) is 2.12. The van der Waals surface area contributed by atoms with Gasteiger partial charge in [0.2, 0.25) is 0 Å². The molecule has 70 valence electrons. The van der Waals surface area contributed by atoms with Gasteiger partial charge < -0.3 is 4.74 Å². The summed E-state index contributed by atoms with van der Waals surface area (Å²) in [6.07, 6.45) is 1.42. The Morgan fingerprint density at radius 2 is 2.46 bits per heavy atom. The van der Waals surface area contributed by atoms with Crippen molar-refractivity contribution in [2.75, 3.05) is 7.11 Å². The fraction of sp³-hybridized carbons (Fsp3) is 0.250. The predicted octanol–water partition coefficient (Wildman–Crippen LogP) is 1.95. The van der Waals surface area contributed by atoms with E-state index in [1.165, 1.54) is 19.4 Å². The van der Waals surface area contributed by atoms with Gasteiger partial charge in [0.15, 0.2) is 0 Å². The highest BCUT2D eigenvalue weighted by molar-refractivity contribution is 7.79. The fourth-order valence-electron chi connectivity index (χ4n) is 0.812. The summed E-state index contributed by atoms with van der Waals surface area (Å²) in [6, 6.07) is 1.52. The lowest BCUT2D eigenvalue weighted by molar-refractivity contribution is 0.0600. The second-order valence-electron chi connectivity index (χ2n) is 2.30. The molecule has 13 heavy (non-hydrogen) atoms. The number of carbonyl (C=O) groups is 1. The Kier molecular flexibility index (Phi) is 3.57. The fourth-order valence-corrected chi connectivity index (χ4v) is 1.39. The molecule has 1 aromatic rings. The van der Waals surface area contributed by atoms with Gasteiger partial charge in [0.05, 0.1) is 23.4 Å². The zero-order valence-electron chi connectivity index (χ0n) is 6.95. The molecule has 0 radical (unpaired) electrons. The summed E-state index contributed by atoms with van der Waals surface area (Å²) in [7, 11) is 1.31. The highest BCUT2D eigenvalue weighted by Gasteiger charge is 2.08. The van der Waals surface area contributed by atoms with Crippen LogP contribution in [0.1, 0.15) is 16.1 Å². The average Bonchev–Trinajstić information content (AvgIpc) is 2.16. The van der Waals surface area contributed by atoms with E-state index >= 15 is 0 Å². The van der Waals surface area contributed by atoms with Crippen LogP contribution in [0, 0.1) is 0 Å². The molecule has 0 aliphatic heterocycles. The van der Waals surface area contributed by atoms with Crippen LogP contribution < -0.4 is 0 Å². The van der Waals surface area contributed by atoms with Gasteiger partial charge in [0.1, 0.15) is 0 Å². The maximum absolute atomic E-state index is 11.0. The van der Waals surface area contributed by atoms with E-state index < -0.39 is 5.97 Å². The monoisotopic (exact) mass is 217 g/mol. The minimum Gasteiger partial charge on any atom is -0.465 e. The maximum Gasteiger partial charge on any atom is 0.339 e. The van der Waals surface area contributed by atoms with Crippen LogP contribution in [0.4, 0.5) is 0 Å². The van der Waals surface area contributed by atoms with Crippen molar-refractivity contribution < 1.29 is 9.53 Å². The number of aromatic nitrogens is 1. The summed E-state index contributed by atoms with van der Waals surface area (Å²) >= 11 is 9.84. The molecule has 0 spiro atoms. The van der Waals surface area contributed by atoms with E-state index in [4.69, 9.17) is 11.6 Å². The highest BCUT2D eigenvalue weighted by Crippen LogP contribution is 2.17. The minimum atomic E-state index is -0.444. The van der Waals surface area contributed by atoms with Crippen molar-refractivity contribution in [3.05, 3.63) is 28.5 Å². The van der Waals surface area contributed by atoms with Crippen LogP contribution in [0.15, 0.2) is 12.3 Å². The van der Waals surface area contributed by atoms with Crippen molar-refractivity contribution in [3.8, 4) is 0 Å². The zero-order valence-corrected chi connectivity index (χ0v) is 8.60. The lowest BCUT2D eigenvalue weighted by Crippen LogP contribution is -2.02. The van der Waals surface area contributed by atoms with Crippen molar-refractivity contribution >= 4 is 30.2 Å². The van der Waals surface area contributed by atoms with Crippen molar-refractivity contribution in [1.82, 2.24) is 4.98 Å². The van der Waals surface area contributed by atoms with E-state index in [-0.39, 0.29) is 0 Å². The SMILES string of the molecule is COC(=O)c1cnc(CS)c(Cl)c1. The maximum atomic E-state index is 11.0. The largest absolute Gasteiger partial charge is 0.465 e. The first-order chi connectivity index (χ1) is 6.19. The topological polar surface area (TPSA) is 39.2 Å². The number of halogens is 1. The van der Waals surface area contributed by atoms with Crippen LogP contribution in [0.3, 0.4) is 0 Å². The van der Waals surface area contributed by atoms with Gasteiger partial charge in [-0.2, -0.15) is 12.6 Å². The Bertz CT molecular complexity index is 330. The molecule has 1 aromatic heterocycles. The Morgan fingerprint density at radius 3 is 2.92 bits per heavy atom. The third kappa shape index (κ3) is 2.35. The summed E-state index contributed by atoms with van der Waals surface area (Å²) in [5.74, 6) is 0.000390. The Hall–Kier alpha value is -0.740. The first-order valence-electron chi connectivity index (χ1n) is 3.52. The molecule has 5 heteroatoms. The van der Waals surface area contributed by atoms with Gasteiger partial charge in [-0.15, -0.1) is 0 Å². The normalized spacial score (nSPS) is 9.77. The summed E-state index contributed by atoms with van der Waals surface area (Å²) in [4.78, 5) is 15.0. The molecule has 0 bridgehead atoms. The number of rotatable bonds is 2. The Balaban J connectivity index is 3.02. The first kappa shape index (κ1) is 10.3. The van der Waals surface area contributed by atoms with Crippen molar-refractivity contribution in [3.63, 3.8) is 0 Å². The minimum absolute atomic E-state index is 0.345. The van der Waals surface area contributed by atoms with E-state index in [9.17, 15) is 4.79 Å². The van der Waals surface area contributed by atoms with Crippen LogP contribution in [-0.4, -0.2) is 18.1 Å². The molecule has 0 aliphatic carbocycles. The Morgan fingerprint density at radius 1 is 1.77 bits per heavy atom. The van der Waals surface area contributed by atoms with Crippen LogP contribution in [0.25, 0.3) is 0 Å². The third-order valence-electron chi connectivity index (χ3n) is 1.49. The number of hydrogen-bond donors (Lipinski definition) is 1. The quantitative estimate of drug-likeness (QED) is 0.608. The van der Waals surface area contributed by atoms with Crippen molar-refractivity contribution in [2.24, 2.45) is 0 Å². The second kappa shape index (κ2) is 4.48. The molecular weight excluding hydrogens is 210 g/mol. The standard InChI is InChI=1S/C8H8ClNO2S/c1-12-8(11)5-2-6(9)7(4-13)10-3-5/h2-3,13H,4H2,1H3. The van der Waals surface area contributed by atoms with Gasteiger partial charge in [0.25, 0.3) is 0 Å². The van der Waals surface area contributed by atoms with Crippen LogP contribution >= 0.6 is 24.2 Å². The summed E-state index contributed by atoms with van der Waals surface area (Å²) < 4.78 is 4.51. The number of thiol groups is 1. The van der Waals surface area contributed by atoms with E-state index in [0.717, 1.165) is 0 Å². The average molecular weight is 218 g/mol. The lowest BCUT2D eigenvalue weighted by Gasteiger charge is -2.02. The van der Waals surface area contributed by atoms with Gasteiger partial charge >= 0.3 is 5.97 Å². The molecule has 0 fully saturated rings. The number of ether oxygens (including phenoxy) is 1. The number of methoxy groups -OCH3 is 1. The molecule has 0 atom stereocenters. The van der Waals surface area contributed by atoms with E-state index in [2.05, 4.69) is 22.3 Å². The van der Waals surface area contributed by atoms with Gasteiger partial charge in [0, 0.05) is 11.9 Å². The molecule has 1 rings (SSSR count). The molecule has 0 unspecified atom stereocenters. The van der Waals surface area contributed by atoms with Gasteiger partial charge in [-0.25, -0.2) is 4.79 Å². The van der Waals surface area contributed by atoms with Gasteiger partial charge in [-0.3, -0.25) is 4.98 Å². The molecule has 0 aromatic carbocycles. The lowest BCUT2D eigenvalue weighted by atomic mass is 10.2. The molecule has 1 heterocycles. The number of esters is 1. The van der Waals surface area contributed by atoms with E-state index in [1.807, 2.05) is 0 Å². The molecule has 0 amide bonds. The first-order valence-corrected chi connectivity index (χ1v) is 4.53. The molecule has 0 aliphatic rings. The van der Waals surface area contributed by atoms with Crippen LogP contribution in [0.5, 0.6) is 0 Å². The highest BCUT2D eigenvalue weighted by atomic mass is 35.5. The summed E-state index contributed by atoms with van der Waals surface area (Å²) in [6.45, 7) is 0. The van der Waals surface area contributed by atoms with E-state index in [1.54, 1.807) is 0 Å². The zero-order chi connectivity index (χ0) is 9.84. The van der Waals surface area contributed by atoms with Crippen molar-refractivity contribution in [2.45, 2.75) is 5.75 Å². The van der Waals surface area contributed by atoms with E-state index in [0.29, 0.717) is 22.0 Å². The second-order valence-corrected chi connectivity index (χ2v) is 3.03. The number of nitrogens with zero attached hydrogens (tertiary/aromatic N) is 1. The molecular formula is C8H8ClNO2S. The molecule has 0 saturated carbocycles.